The molecule has 6 heteroatoms. The summed E-state index contributed by atoms with van der Waals surface area (Å²) in [7, 11) is 0. The fourth-order valence-electron chi connectivity index (χ4n) is 4.44. The van der Waals surface area contributed by atoms with Gasteiger partial charge in [0.15, 0.2) is 0 Å². The molecule has 2 saturated heterocycles. The molecule has 3 rings (SSSR count). The Morgan fingerprint density at radius 2 is 1.96 bits per heavy atom. The van der Waals surface area contributed by atoms with Crippen molar-refractivity contribution in [2.24, 2.45) is 5.92 Å². The Balaban J connectivity index is 1.35. The predicted molar refractivity (Wildman–Crippen MR) is 109 cm³/mol. The Kier molecular flexibility index (Phi) is 7.31. The number of phenolic OH excluding ortho intramolecular Hbond substituents is 1. The lowest BCUT2D eigenvalue weighted by Gasteiger charge is -2.32. The zero-order valence-electron chi connectivity index (χ0n) is 16.9. The molecule has 2 aliphatic heterocycles. The van der Waals surface area contributed by atoms with Crippen LogP contribution in [0.1, 0.15) is 55.8 Å². The molecule has 28 heavy (non-hydrogen) atoms. The lowest BCUT2D eigenvalue weighted by atomic mass is 9.91. The van der Waals surface area contributed by atoms with Gasteiger partial charge in [-0.15, -0.1) is 0 Å². The van der Waals surface area contributed by atoms with Crippen LogP contribution in [-0.2, 0) is 4.79 Å². The van der Waals surface area contributed by atoms with E-state index in [-0.39, 0.29) is 17.6 Å². The molecule has 2 N–H and O–H groups in total. The van der Waals surface area contributed by atoms with Crippen molar-refractivity contribution in [2.75, 3.05) is 32.7 Å². The highest BCUT2D eigenvalue weighted by Crippen LogP contribution is 2.24. The van der Waals surface area contributed by atoms with Gasteiger partial charge in [0.25, 0.3) is 5.91 Å². The summed E-state index contributed by atoms with van der Waals surface area (Å²) in [6.07, 6.45) is 5.74. The van der Waals surface area contributed by atoms with Gasteiger partial charge in [-0.05, 0) is 69.3 Å². The molecule has 0 aliphatic carbocycles. The van der Waals surface area contributed by atoms with Gasteiger partial charge >= 0.3 is 0 Å². The van der Waals surface area contributed by atoms with Gasteiger partial charge < -0.3 is 15.3 Å². The second kappa shape index (κ2) is 9.92. The van der Waals surface area contributed by atoms with E-state index in [0.29, 0.717) is 37.0 Å². The van der Waals surface area contributed by atoms with E-state index < -0.39 is 0 Å². The normalized spacial score (nSPS) is 21.0. The van der Waals surface area contributed by atoms with Crippen molar-refractivity contribution in [1.29, 1.82) is 0 Å². The summed E-state index contributed by atoms with van der Waals surface area (Å²) in [6, 6.07) is 7.02. The molecule has 2 fully saturated rings. The van der Waals surface area contributed by atoms with Gasteiger partial charge in [-0.2, -0.15) is 0 Å². The number of hydrogen-bond acceptors (Lipinski definition) is 4. The van der Waals surface area contributed by atoms with E-state index in [0.717, 1.165) is 38.9 Å². The van der Waals surface area contributed by atoms with Gasteiger partial charge in [0, 0.05) is 37.7 Å². The summed E-state index contributed by atoms with van der Waals surface area (Å²) < 4.78 is 0. The van der Waals surface area contributed by atoms with Crippen LogP contribution in [0.3, 0.4) is 0 Å². The van der Waals surface area contributed by atoms with Crippen molar-refractivity contribution >= 4 is 11.8 Å². The van der Waals surface area contributed by atoms with Gasteiger partial charge in [0.05, 0.1) is 0 Å². The Morgan fingerprint density at radius 1 is 1.18 bits per heavy atom. The van der Waals surface area contributed by atoms with Crippen LogP contribution in [-0.4, -0.2) is 65.5 Å². The number of rotatable bonds is 7. The van der Waals surface area contributed by atoms with Gasteiger partial charge in [0.1, 0.15) is 5.75 Å². The number of nitrogens with one attached hydrogen (secondary N) is 1. The van der Waals surface area contributed by atoms with Crippen molar-refractivity contribution in [3.05, 3.63) is 29.8 Å². The summed E-state index contributed by atoms with van der Waals surface area (Å²) >= 11 is 0. The van der Waals surface area contributed by atoms with Gasteiger partial charge in [-0.25, -0.2) is 0 Å². The Bertz CT molecular complexity index is 671. The van der Waals surface area contributed by atoms with Crippen molar-refractivity contribution < 1.29 is 14.7 Å². The molecule has 154 valence electrons. The van der Waals surface area contributed by atoms with E-state index >= 15 is 0 Å². The van der Waals surface area contributed by atoms with Crippen LogP contribution < -0.4 is 5.32 Å². The molecule has 0 radical (unpaired) electrons. The number of carbonyl (C=O) groups excluding carboxylic acids is 2. The number of carbonyl (C=O) groups is 2. The average Bonchev–Trinajstić information content (AvgIpc) is 3.18. The van der Waals surface area contributed by atoms with Crippen molar-refractivity contribution in [3.8, 4) is 5.75 Å². The maximum Gasteiger partial charge on any atom is 0.253 e. The van der Waals surface area contributed by atoms with E-state index in [2.05, 4.69) is 17.1 Å². The van der Waals surface area contributed by atoms with E-state index in [9.17, 15) is 14.7 Å². The standard InChI is InChI=1S/C22H33N3O3/c1-2-24-12-4-6-19(24)16-23-21(27)9-8-17-10-13-25(14-11-17)22(28)18-5-3-7-20(26)15-18/h3,5,7,15,17,19,26H,2,4,6,8-14,16H2,1H3,(H,23,27)/t19-/m1/s1. The first-order valence-electron chi connectivity index (χ1n) is 10.7. The number of aromatic hydroxyl groups is 1. The zero-order valence-corrected chi connectivity index (χ0v) is 16.9. The molecular formula is C22H33N3O3. The maximum atomic E-state index is 12.5. The predicted octanol–water partition coefficient (Wildman–Crippen LogP) is 2.63. The minimum Gasteiger partial charge on any atom is -0.508 e. The first kappa shape index (κ1) is 20.6. The number of piperidine rings is 1. The number of likely N-dealkylation sites (N-methyl/N-ethyl adjacent to an activating group) is 1. The molecule has 2 aliphatic rings. The van der Waals surface area contributed by atoms with Crippen molar-refractivity contribution in [2.45, 2.75) is 51.5 Å². The Labute approximate surface area is 167 Å². The second-order valence-corrected chi connectivity index (χ2v) is 8.05. The second-order valence-electron chi connectivity index (χ2n) is 8.05. The molecule has 0 spiro atoms. The Hall–Kier alpha value is -2.08. The highest BCUT2D eigenvalue weighted by atomic mass is 16.3. The van der Waals surface area contributed by atoms with E-state index in [4.69, 9.17) is 0 Å². The fourth-order valence-corrected chi connectivity index (χ4v) is 4.44. The number of benzene rings is 1. The van der Waals surface area contributed by atoms with Crippen LogP contribution in [0, 0.1) is 5.92 Å². The minimum absolute atomic E-state index is 0.0239. The molecule has 0 aromatic heterocycles. The molecule has 0 unspecified atom stereocenters. The number of nitrogens with zero attached hydrogens (tertiary/aromatic N) is 2. The monoisotopic (exact) mass is 387 g/mol. The summed E-state index contributed by atoms with van der Waals surface area (Å²) in [4.78, 5) is 29.0. The largest absolute Gasteiger partial charge is 0.508 e. The van der Waals surface area contributed by atoms with Crippen LogP contribution in [0.15, 0.2) is 24.3 Å². The van der Waals surface area contributed by atoms with E-state index in [1.165, 1.54) is 18.9 Å². The summed E-state index contributed by atoms with van der Waals surface area (Å²) in [5.74, 6) is 0.745. The summed E-state index contributed by atoms with van der Waals surface area (Å²) in [5.41, 5.74) is 0.533. The highest BCUT2D eigenvalue weighted by molar-refractivity contribution is 5.94. The lowest BCUT2D eigenvalue weighted by Crippen LogP contribution is -2.40. The molecule has 1 aromatic rings. The molecule has 1 aromatic carbocycles. The summed E-state index contributed by atoms with van der Waals surface area (Å²) in [5, 5.41) is 12.7. The first-order chi connectivity index (χ1) is 13.6. The molecule has 0 saturated carbocycles. The van der Waals surface area contributed by atoms with Gasteiger partial charge in [-0.1, -0.05) is 13.0 Å². The maximum absolute atomic E-state index is 12.5. The Morgan fingerprint density at radius 3 is 2.68 bits per heavy atom. The van der Waals surface area contributed by atoms with Crippen LogP contribution >= 0.6 is 0 Å². The van der Waals surface area contributed by atoms with Crippen molar-refractivity contribution in [3.63, 3.8) is 0 Å². The molecule has 2 heterocycles. The van der Waals surface area contributed by atoms with E-state index in [1.807, 2.05) is 4.90 Å². The number of amides is 2. The van der Waals surface area contributed by atoms with Gasteiger partial charge in [-0.3, -0.25) is 14.5 Å². The molecule has 1 atom stereocenters. The van der Waals surface area contributed by atoms with Crippen LogP contribution in [0.5, 0.6) is 5.75 Å². The van der Waals surface area contributed by atoms with Crippen molar-refractivity contribution in [1.82, 2.24) is 15.1 Å². The topological polar surface area (TPSA) is 72.9 Å². The van der Waals surface area contributed by atoms with Crippen LogP contribution in [0.4, 0.5) is 0 Å². The molecular weight excluding hydrogens is 354 g/mol. The van der Waals surface area contributed by atoms with E-state index in [1.54, 1.807) is 18.2 Å². The third-order valence-electron chi connectivity index (χ3n) is 6.21. The number of likely N-dealkylation sites (tertiary alicyclic amines) is 2. The number of hydrogen-bond donors (Lipinski definition) is 2. The quantitative estimate of drug-likeness (QED) is 0.754. The molecule has 2 amide bonds. The lowest BCUT2D eigenvalue weighted by molar-refractivity contribution is -0.121. The highest BCUT2D eigenvalue weighted by Gasteiger charge is 2.25. The third-order valence-corrected chi connectivity index (χ3v) is 6.21. The van der Waals surface area contributed by atoms with Gasteiger partial charge in [0.2, 0.25) is 5.91 Å². The first-order valence-corrected chi connectivity index (χ1v) is 10.7. The minimum atomic E-state index is -0.0239. The summed E-state index contributed by atoms with van der Waals surface area (Å²) in [6.45, 7) is 6.58. The zero-order chi connectivity index (χ0) is 19.9. The SMILES string of the molecule is CCN1CCC[C@@H]1CNC(=O)CCC1CCN(C(=O)c2cccc(O)c2)CC1. The third kappa shape index (κ3) is 5.47. The smallest absolute Gasteiger partial charge is 0.253 e. The van der Waals surface area contributed by atoms with Crippen LogP contribution in [0.2, 0.25) is 0 Å². The average molecular weight is 388 g/mol. The number of phenols is 1. The fraction of sp³-hybridized carbons (Fsp3) is 0.636. The molecule has 0 bridgehead atoms. The molecule has 6 nitrogen and oxygen atoms in total. The van der Waals surface area contributed by atoms with Crippen LogP contribution in [0.25, 0.3) is 0 Å².